The molecule has 7 heteroatoms. The Balaban J connectivity index is 1.31. The molecule has 2 saturated carbocycles. The van der Waals surface area contributed by atoms with Crippen LogP contribution in [0.2, 0.25) is 0 Å². The van der Waals surface area contributed by atoms with Crippen molar-refractivity contribution in [1.82, 2.24) is 20.1 Å². The Morgan fingerprint density at radius 1 is 1.32 bits per heavy atom. The molecule has 2 aromatic rings. The van der Waals surface area contributed by atoms with Crippen LogP contribution in [0.4, 0.5) is 0 Å². The van der Waals surface area contributed by atoms with E-state index in [1.807, 2.05) is 24.3 Å². The predicted molar refractivity (Wildman–Crippen MR) is 95.8 cm³/mol. The van der Waals surface area contributed by atoms with E-state index in [9.17, 15) is 4.79 Å². The van der Waals surface area contributed by atoms with Gasteiger partial charge in [-0.25, -0.2) is 0 Å². The Labute approximate surface area is 151 Å². The van der Waals surface area contributed by atoms with Gasteiger partial charge in [0.15, 0.2) is 5.16 Å². The Bertz CT molecular complexity index is 768. The Kier molecular flexibility index (Phi) is 4.65. The summed E-state index contributed by atoms with van der Waals surface area (Å²) in [6.07, 6.45) is 4.84. The van der Waals surface area contributed by atoms with Crippen LogP contribution in [0.1, 0.15) is 49.0 Å². The zero-order valence-electron chi connectivity index (χ0n) is 14.3. The third-order valence-corrected chi connectivity index (χ3v) is 5.44. The lowest BCUT2D eigenvalue weighted by atomic mass is 10.2. The number of thioether (sulfide) groups is 1. The SMILES string of the molecule is COc1cccc(CNC(=O)CSc2nnc(C3CC3)n2C2CC2)c1. The Hall–Kier alpha value is -2.02. The fourth-order valence-electron chi connectivity index (χ4n) is 2.85. The zero-order chi connectivity index (χ0) is 17.2. The number of rotatable bonds is 8. The van der Waals surface area contributed by atoms with Crippen molar-refractivity contribution >= 4 is 17.7 Å². The third kappa shape index (κ3) is 3.98. The Morgan fingerprint density at radius 2 is 2.16 bits per heavy atom. The number of nitrogens with zero attached hydrogens (tertiary/aromatic N) is 3. The van der Waals surface area contributed by atoms with E-state index in [1.54, 1.807) is 7.11 Å². The molecule has 25 heavy (non-hydrogen) atoms. The first-order valence-corrected chi connectivity index (χ1v) is 9.70. The van der Waals surface area contributed by atoms with E-state index in [0.29, 0.717) is 24.3 Å². The number of carbonyl (C=O) groups is 1. The summed E-state index contributed by atoms with van der Waals surface area (Å²) in [6.45, 7) is 0.499. The lowest BCUT2D eigenvalue weighted by molar-refractivity contribution is -0.118. The van der Waals surface area contributed by atoms with Crippen molar-refractivity contribution in [3.63, 3.8) is 0 Å². The zero-order valence-corrected chi connectivity index (χ0v) is 15.1. The fourth-order valence-corrected chi connectivity index (χ4v) is 3.69. The van der Waals surface area contributed by atoms with Crippen molar-refractivity contribution in [2.45, 2.75) is 49.3 Å². The highest BCUT2D eigenvalue weighted by molar-refractivity contribution is 7.99. The molecule has 0 aliphatic heterocycles. The molecule has 0 radical (unpaired) electrons. The van der Waals surface area contributed by atoms with Gasteiger partial charge in [0.1, 0.15) is 11.6 Å². The molecule has 1 amide bonds. The van der Waals surface area contributed by atoms with E-state index in [-0.39, 0.29) is 5.91 Å². The van der Waals surface area contributed by atoms with E-state index >= 15 is 0 Å². The third-order valence-electron chi connectivity index (χ3n) is 4.50. The Morgan fingerprint density at radius 3 is 2.88 bits per heavy atom. The molecule has 1 N–H and O–H groups in total. The van der Waals surface area contributed by atoms with Crippen molar-refractivity contribution in [3.8, 4) is 5.75 Å². The first-order valence-electron chi connectivity index (χ1n) is 8.72. The molecule has 1 heterocycles. The van der Waals surface area contributed by atoms with Gasteiger partial charge in [0, 0.05) is 18.5 Å². The number of carbonyl (C=O) groups excluding carboxylic acids is 1. The smallest absolute Gasteiger partial charge is 0.230 e. The highest BCUT2D eigenvalue weighted by Gasteiger charge is 2.36. The van der Waals surface area contributed by atoms with Crippen LogP contribution < -0.4 is 10.1 Å². The second kappa shape index (κ2) is 7.07. The van der Waals surface area contributed by atoms with E-state index in [2.05, 4.69) is 20.1 Å². The topological polar surface area (TPSA) is 69.0 Å². The number of hydrogen-bond acceptors (Lipinski definition) is 5. The second-order valence-corrected chi connectivity index (χ2v) is 7.58. The molecule has 0 spiro atoms. The number of aromatic nitrogens is 3. The van der Waals surface area contributed by atoms with Gasteiger partial charge in [0.2, 0.25) is 5.91 Å². The molecule has 1 aromatic carbocycles. The van der Waals surface area contributed by atoms with E-state index in [0.717, 1.165) is 22.3 Å². The van der Waals surface area contributed by atoms with Gasteiger partial charge in [-0.1, -0.05) is 23.9 Å². The van der Waals surface area contributed by atoms with Crippen LogP contribution in [-0.4, -0.2) is 33.5 Å². The van der Waals surface area contributed by atoms with Gasteiger partial charge in [-0.3, -0.25) is 4.79 Å². The van der Waals surface area contributed by atoms with Crippen molar-refractivity contribution in [2.75, 3.05) is 12.9 Å². The van der Waals surface area contributed by atoms with Gasteiger partial charge < -0.3 is 14.6 Å². The van der Waals surface area contributed by atoms with Crippen LogP contribution in [0.3, 0.4) is 0 Å². The summed E-state index contributed by atoms with van der Waals surface area (Å²) in [5.74, 6) is 2.88. The maximum absolute atomic E-state index is 12.2. The van der Waals surface area contributed by atoms with E-state index in [1.165, 1.54) is 37.4 Å². The molecular formula is C18H22N4O2S. The summed E-state index contributed by atoms with van der Waals surface area (Å²) in [5.41, 5.74) is 1.02. The van der Waals surface area contributed by atoms with Gasteiger partial charge in [0.25, 0.3) is 0 Å². The highest BCUT2D eigenvalue weighted by atomic mass is 32.2. The number of amides is 1. The molecule has 132 valence electrons. The van der Waals surface area contributed by atoms with Gasteiger partial charge in [-0.2, -0.15) is 0 Å². The standard InChI is InChI=1S/C18H22N4O2S/c1-24-15-4-2-3-12(9-15)10-19-16(23)11-25-18-21-20-17(13-5-6-13)22(18)14-7-8-14/h2-4,9,13-14H,5-8,10-11H2,1H3,(H,19,23). The molecule has 1 aromatic heterocycles. The normalized spacial score (nSPS) is 16.7. The maximum atomic E-state index is 12.2. The minimum absolute atomic E-state index is 0.00568. The summed E-state index contributed by atoms with van der Waals surface area (Å²) in [4.78, 5) is 12.2. The average molecular weight is 358 g/mol. The summed E-state index contributed by atoms with van der Waals surface area (Å²) >= 11 is 1.48. The molecule has 2 fully saturated rings. The van der Waals surface area contributed by atoms with Crippen LogP contribution in [0.5, 0.6) is 5.75 Å². The van der Waals surface area contributed by atoms with Gasteiger partial charge in [-0.05, 0) is 43.4 Å². The molecule has 0 unspecified atom stereocenters. The first-order chi connectivity index (χ1) is 12.2. The van der Waals surface area contributed by atoms with Crippen molar-refractivity contribution < 1.29 is 9.53 Å². The largest absolute Gasteiger partial charge is 0.497 e. The summed E-state index contributed by atoms with van der Waals surface area (Å²) < 4.78 is 7.48. The predicted octanol–water partition coefficient (Wildman–Crippen LogP) is 2.91. The number of ether oxygens (including phenoxy) is 1. The van der Waals surface area contributed by atoms with Gasteiger partial charge in [-0.15, -0.1) is 10.2 Å². The van der Waals surface area contributed by atoms with Crippen LogP contribution >= 0.6 is 11.8 Å². The van der Waals surface area contributed by atoms with Crippen molar-refractivity contribution in [1.29, 1.82) is 0 Å². The fraction of sp³-hybridized carbons (Fsp3) is 0.500. The first kappa shape index (κ1) is 16.4. The van der Waals surface area contributed by atoms with Gasteiger partial charge >= 0.3 is 0 Å². The lowest BCUT2D eigenvalue weighted by Crippen LogP contribution is -2.24. The van der Waals surface area contributed by atoms with Gasteiger partial charge in [0.05, 0.1) is 12.9 Å². The molecule has 6 nitrogen and oxygen atoms in total. The number of hydrogen-bond donors (Lipinski definition) is 1. The van der Waals surface area contributed by atoms with E-state index in [4.69, 9.17) is 4.74 Å². The monoisotopic (exact) mass is 358 g/mol. The molecule has 4 rings (SSSR count). The molecule has 0 bridgehead atoms. The number of benzene rings is 1. The lowest BCUT2D eigenvalue weighted by Gasteiger charge is -2.09. The van der Waals surface area contributed by atoms with E-state index < -0.39 is 0 Å². The van der Waals surface area contributed by atoms with Crippen molar-refractivity contribution in [2.24, 2.45) is 0 Å². The van der Waals surface area contributed by atoms with Crippen LogP contribution in [0.15, 0.2) is 29.4 Å². The van der Waals surface area contributed by atoms with Crippen LogP contribution in [0.25, 0.3) is 0 Å². The molecule has 2 aliphatic rings. The molecule has 0 saturated heterocycles. The summed E-state index contributed by atoms with van der Waals surface area (Å²) in [6, 6.07) is 8.27. The summed E-state index contributed by atoms with van der Waals surface area (Å²) in [5, 5.41) is 12.6. The number of nitrogens with one attached hydrogen (secondary N) is 1. The minimum Gasteiger partial charge on any atom is -0.497 e. The highest BCUT2D eigenvalue weighted by Crippen LogP contribution is 2.45. The average Bonchev–Trinajstić information content (AvgIpc) is 3.57. The second-order valence-electron chi connectivity index (χ2n) is 6.63. The maximum Gasteiger partial charge on any atom is 0.230 e. The van der Waals surface area contributed by atoms with Crippen LogP contribution in [0, 0.1) is 0 Å². The quantitative estimate of drug-likeness (QED) is 0.735. The molecule has 2 aliphatic carbocycles. The van der Waals surface area contributed by atoms with Crippen molar-refractivity contribution in [3.05, 3.63) is 35.7 Å². The van der Waals surface area contributed by atoms with Crippen LogP contribution in [-0.2, 0) is 11.3 Å². The molecular weight excluding hydrogens is 336 g/mol. The number of methoxy groups -OCH3 is 1. The minimum atomic E-state index is 0.00568. The molecule has 0 atom stereocenters. The summed E-state index contributed by atoms with van der Waals surface area (Å²) in [7, 11) is 1.64.